The fourth-order valence-electron chi connectivity index (χ4n) is 1.28. The quantitative estimate of drug-likeness (QED) is 0.622. The Bertz CT molecular complexity index is 237. The Hall–Kier alpha value is -0.0900. The van der Waals surface area contributed by atoms with Gasteiger partial charge in [0.25, 0.3) is 0 Å². The molecular weight excluding hydrogens is 210 g/mol. The van der Waals surface area contributed by atoms with Crippen LogP contribution in [-0.4, -0.2) is 32.5 Å². The first-order valence-corrected chi connectivity index (χ1v) is 7.68. The molecule has 0 aliphatic heterocycles. The summed E-state index contributed by atoms with van der Waals surface area (Å²) in [5.41, 5.74) is 0. The third-order valence-electron chi connectivity index (χ3n) is 2.53. The van der Waals surface area contributed by atoms with Crippen molar-refractivity contribution in [3.05, 3.63) is 0 Å². The van der Waals surface area contributed by atoms with Crippen molar-refractivity contribution >= 4 is 9.84 Å². The highest BCUT2D eigenvalue weighted by atomic mass is 32.2. The molecule has 3 nitrogen and oxygen atoms in total. The van der Waals surface area contributed by atoms with E-state index in [-0.39, 0.29) is 5.25 Å². The zero-order valence-corrected chi connectivity index (χ0v) is 11.1. The van der Waals surface area contributed by atoms with Crippen molar-refractivity contribution in [2.45, 2.75) is 51.7 Å². The number of unbranched alkanes of at least 4 members (excludes halogenated alkanes) is 2. The van der Waals surface area contributed by atoms with Crippen molar-refractivity contribution in [2.24, 2.45) is 0 Å². The second-order valence-corrected chi connectivity index (χ2v) is 6.63. The van der Waals surface area contributed by atoms with E-state index in [2.05, 4.69) is 12.2 Å². The van der Waals surface area contributed by atoms with Gasteiger partial charge in [0.2, 0.25) is 0 Å². The van der Waals surface area contributed by atoms with E-state index in [1.807, 2.05) is 6.92 Å². The first kappa shape index (κ1) is 14.9. The molecule has 0 aromatic carbocycles. The van der Waals surface area contributed by atoms with Gasteiger partial charge < -0.3 is 5.32 Å². The van der Waals surface area contributed by atoms with E-state index < -0.39 is 9.84 Å². The lowest BCUT2D eigenvalue weighted by molar-refractivity contribution is 0.565. The maximum absolute atomic E-state index is 11.7. The molecule has 0 saturated carbocycles. The first-order chi connectivity index (χ1) is 7.04. The first-order valence-electron chi connectivity index (χ1n) is 5.96. The van der Waals surface area contributed by atoms with E-state index in [4.69, 9.17) is 0 Å². The molecule has 15 heavy (non-hydrogen) atoms. The van der Waals surface area contributed by atoms with Crippen molar-refractivity contribution in [1.82, 2.24) is 5.32 Å². The van der Waals surface area contributed by atoms with Gasteiger partial charge >= 0.3 is 0 Å². The predicted molar refractivity (Wildman–Crippen MR) is 65.9 cm³/mol. The number of sulfone groups is 1. The molecule has 0 aromatic heterocycles. The fraction of sp³-hybridized carbons (Fsp3) is 1.00. The molecule has 0 rings (SSSR count). The molecule has 0 bridgehead atoms. The van der Waals surface area contributed by atoms with Crippen LogP contribution in [0.15, 0.2) is 0 Å². The van der Waals surface area contributed by atoms with E-state index in [0.717, 1.165) is 32.2 Å². The van der Waals surface area contributed by atoms with Gasteiger partial charge in [0, 0.05) is 6.54 Å². The second-order valence-electron chi connectivity index (χ2n) is 4.09. The molecule has 1 unspecified atom stereocenters. The Morgan fingerprint density at radius 3 is 2.27 bits per heavy atom. The van der Waals surface area contributed by atoms with Crippen LogP contribution in [0.5, 0.6) is 0 Å². The maximum atomic E-state index is 11.7. The van der Waals surface area contributed by atoms with E-state index in [9.17, 15) is 8.42 Å². The van der Waals surface area contributed by atoms with Gasteiger partial charge in [0.1, 0.15) is 0 Å². The molecular formula is C11H25NO2S. The lowest BCUT2D eigenvalue weighted by atomic mass is 10.3. The molecule has 0 fully saturated rings. The Balaban J connectivity index is 3.81. The van der Waals surface area contributed by atoms with Gasteiger partial charge in [-0.15, -0.1) is 0 Å². The molecule has 0 amide bonds. The summed E-state index contributed by atoms with van der Waals surface area (Å²) in [6.45, 7) is 7.45. The normalized spacial score (nSPS) is 14.1. The van der Waals surface area contributed by atoms with Crippen molar-refractivity contribution in [2.75, 3.05) is 18.8 Å². The molecule has 0 aliphatic rings. The molecule has 92 valence electrons. The Kier molecular flexibility index (Phi) is 8.06. The lowest BCUT2D eigenvalue weighted by Gasteiger charge is -2.13. The lowest BCUT2D eigenvalue weighted by Crippen LogP contribution is -2.33. The van der Waals surface area contributed by atoms with Crippen LogP contribution in [0.4, 0.5) is 0 Å². The molecule has 0 aliphatic carbocycles. The minimum atomic E-state index is -2.87. The van der Waals surface area contributed by atoms with Gasteiger partial charge in [-0.25, -0.2) is 8.42 Å². The Morgan fingerprint density at radius 2 is 1.73 bits per heavy atom. The average molecular weight is 235 g/mol. The molecule has 1 N–H and O–H groups in total. The smallest absolute Gasteiger partial charge is 0.154 e. The van der Waals surface area contributed by atoms with Crippen LogP contribution in [0.1, 0.15) is 46.5 Å². The average Bonchev–Trinajstić information content (AvgIpc) is 2.21. The summed E-state index contributed by atoms with van der Waals surface area (Å²) in [6.07, 6.45) is 3.97. The topological polar surface area (TPSA) is 46.2 Å². The summed E-state index contributed by atoms with van der Waals surface area (Å²) in [4.78, 5) is 0. The fourth-order valence-corrected chi connectivity index (χ4v) is 2.75. The standard InChI is InChI=1S/C11H25NO2S/c1-4-6-8-12-10-11(3)15(13,14)9-7-5-2/h11-12H,4-10H2,1-3H3. The van der Waals surface area contributed by atoms with Crippen molar-refractivity contribution in [1.29, 1.82) is 0 Å². The third-order valence-corrected chi connectivity index (χ3v) is 4.78. The molecule has 0 saturated heterocycles. The van der Waals surface area contributed by atoms with Crippen LogP contribution in [0, 0.1) is 0 Å². The monoisotopic (exact) mass is 235 g/mol. The summed E-state index contributed by atoms with van der Waals surface area (Å²) in [5, 5.41) is 2.94. The molecule has 0 radical (unpaired) electrons. The SMILES string of the molecule is CCCCNCC(C)S(=O)(=O)CCCC. The Morgan fingerprint density at radius 1 is 1.13 bits per heavy atom. The summed E-state index contributed by atoms with van der Waals surface area (Å²) >= 11 is 0. The van der Waals surface area contributed by atoms with Gasteiger partial charge in [-0.05, 0) is 26.3 Å². The highest BCUT2D eigenvalue weighted by Gasteiger charge is 2.19. The van der Waals surface area contributed by atoms with E-state index in [1.165, 1.54) is 0 Å². The predicted octanol–water partition coefficient (Wildman–Crippen LogP) is 1.98. The minimum Gasteiger partial charge on any atom is -0.315 e. The van der Waals surface area contributed by atoms with Crippen LogP contribution in [0.2, 0.25) is 0 Å². The van der Waals surface area contributed by atoms with Gasteiger partial charge in [-0.2, -0.15) is 0 Å². The van der Waals surface area contributed by atoms with Crippen LogP contribution >= 0.6 is 0 Å². The summed E-state index contributed by atoms with van der Waals surface area (Å²) in [7, 11) is -2.87. The third kappa shape index (κ3) is 6.90. The molecule has 0 heterocycles. The summed E-state index contributed by atoms with van der Waals surface area (Å²) in [5.74, 6) is 0.333. The molecule has 0 spiro atoms. The van der Waals surface area contributed by atoms with E-state index >= 15 is 0 Å². The van der Waals surface area contributed by atoms with Crippen LogP contribution in [-0.2, 0) is 9.84 Å². The second kappa shape index (κ2) is 8.11. The van der Waals surface area contributed by atoms with Crippen LogP contribution < -0.4 is 5.32 Å². The van der Waals surface area contributed by atoms with Gasteiger partial charge in [0.05, 0.1) is 11.0 Å². The minimum absolute atomic E-state index is 0.249. The van der Waals surface area contributed by atoms with Crippen molar-refractivity contribution < 1.29 is 8.42 Å². The maximum Gasteiger partial charge on any atom is 0.154 e. The summed E-state index contributed by atoms with van der Waals surface area (Å²) < 4.78 is 23.4. The zero-order chi connectivity index (χ0) is 11.7. The number of hydrogen-bond donors (Lipinski definition) is 1. The van der Waals surface area contributed by atoms with Gasteiger partial charge in [-0.3, -0.25) is 0 Å². The van der Waals surface area contributed by atoms with Crippen LogP contribution in [0.3, 0.4) is 0 Å². The summed E-state index contributed by atoms with van der Waals surface area (Å²) in [6, 6.07) is 0. The molecule has 0 aromatic rings. The zero-order valence-electron chi connectivity index (χ0n) is 10.3. The van der Waals surface area contributed by atoms with Gasteiger partial charge in [-0.1, -0.05) is 26.7 Å². The number of nitrogens with one attached hydrogen (secondary N) is 1. The van der Waals surface area contributed by atoms with E-state index in [1.54, 1.807) is 6.92 Å². The van der Waals surface area contributed by atoms with Gasteiger partial charge in [0.15, 0.2) is 9.84 Å². The van der Waals surface area contributed by atoms with Crippen LogP contribution in [0.25, 0.3) is 0 Å². The van der Waals surface area contributed by atoms with Crippen molar-refractivity contribution in [3.63, 3.8) is 0 Å². The highest BCUT2D eigenvalue weighted by molar-refractivity contribution is 7.92. The molecule has 1 atom stereocenters. The number of hydrogen-bond acceptors (Lipinski definition) is 3. The Labute approximate surface area is 94.6 Å². The number of rotatable bonds is 9. The largest absolute Gasteiger partial charge is 0.315 e. The molecule has 4 heteroatoms. The van der Waals surface area contributed by atoms with E-state index in [0.29, 0.717) is 12.3 Å². The van der Waals surface area contributed by atoms with Crippen molar-refractivity contribution in [3.8, 4) is 0 Å². The highest BCUT2D eigenvalue weighted by Crippen LogP contribution is 2.04.